The van der Waals surface area contributed by atoms with Gasteiger partial charge in [0.2, 0.25) is 11.9 Å². The smallest absolute Gasteiger partial charge is 0.255 e. The van der Waals surface area contributed by atoms with Crippen molar-refractivity contribution in [3.05, 3.63) is 57.0 Å². The van der Waals surface area contributed by atoms with Crippen molar-refractivity contribution < 1.29 is 9.53 Å². The molecule has 3 heterocycles. The molecule has 1 aromatic carbocycles. The fourth-order valence-electron chi connectivity index (χ4n) is 4.66. The lowest BCUT2D eigenvalue weighted by atomic mass is 10.0. The number of carbonyl (C=O) groups excluding carboxylic acids is 1. The lowest BCUT2D eigenvalue weighted by Crippen LogP contribution is -2.44. The first kappa shape index (κ1) is 23.4. The first-order valence-electron chi connectivity index (χ1n) is 12.0. The molecule has 1 amide bonds. The van der Waals surface area contributed by atoms with Crippen LogP contribution in [0, 0.1) is 13.8 Å². The molecule has 0 spiro atoms. The molecule has 0 unspecified atom stereocenters. The fraction of sp³-hybridized carbons (Fsp3) is 0.560. The summed E-state index contributed by atoms with van der Waals surface area (Å²) in [6.45, 7) is 9.57. The van der Waals surface area contributed by atoms with Crippen LogP contribution >= 0.6 is 0 Å². The summed E-state index contributed by atoms with van der Waals surface area (Å²) >= 11 is 0. The molecular formula is C25H35N5O3. The van der Waals surface area contributed by atoms with Crippen LogP contribution in [0.2, 0.25) is 0 Å². The topological polar surface area (TPSA) is 90.6 Å². The van der Waals surface area contributed by atoms with Crippen molar-refractivity contribution >= 4 is 11.9 Å². The van der Waals surface area contributed by atoms with E-state index in [4.69, 9.17) is 4.74 Å². The zero-order chi connectivity index (χ0) is 23.2. The number of likely N-dealkylation sites (tertiary alicyclic amines) is 1. The maximum Gasteiger partial charge on any atom is 0.255 e. The standard InChI is InChI=1S/C25H35N5O3/c1-18-4-3-5-20(16-18)17-29-10-8-21(9-11-29)27-23(31)7-6-22-19(2)26-25(28-24(22)32)30-12-14-33-15-13-30/h3-5,16,21H,6-15,17H2,1-2H3,(H,27,31)(H,26,28,32). The molecule has 8 heteroatoms. The maximum absolute atomic E-state index is 12.6. The molecule has 2 N–H and O–H groups in total. The number of aromatic amines is 1. The Bertz CT molecular complexity index is 1010. The van der Waals surface area contributed by atoms with E-state index in [9.17, 15) is 9.59 Å². The highest BCUT2D eigenvalue weighted by Gasteiger charge is 2.21. The Hall–Kier alpha value is -2.71. The number of aryl methyl sites for hydroxylation is 2. The molecule has 0 atom stereocenters. The molecule has 2 fully saturated rings. The van der Waals surface area contributed by atoms with Crippen LogP contribution in [-0.4, -0.2) is 66.2 Å². The molecule has 0 aliphatic carbocycles. The predicted octanol–water partition coefficient (Wildman–Crippen LogP) is 1.94. The van der Waals surface area contributed by atoms with Crippen LogP contribution in [0.4, 0.5) is 5.95 Å². The van der Waals surface area contributed by atoms with E-state index >= 15 is 0 Å². The number of hydrogen-bond donors (Lipinski definition) is 2. The minimum atomic E-state index is -0.152. The third-order valence-electron chi connectivity index (χ3n) is 6.56. The van der Waals surface area contributed by atoms with E-state index in [0.29, 0.717) is 56.4 Å². The molecule has 178 valence electrons. The number of amides is 1. The van der Waals surface area contributed by atoms with Gasteiger partial charge in [-0.25, -0.2) is 4.98 Å². The number of nitrogens with zero attached hydrogens (tertiary/aromatic N) is 3. The molecule has 1 aromatic heterocycles. The van der Waals surface area contributed by atoms with E-state index in [1.165, 1.54) is 11.1 Å². The van der Waals surface area contributed by atoms with Gasteiger partial charge in [-0.3, -0.25) is 19.5 Å². The zero-order valence-corrected chi connectivity index (χ0v) is 19.7. The second-order valence-corrected chi connectivity index (χ2v) is 9.16. The van der Waals surface area contributed by atoms with Crippen LogP contribution in [0.1, 0.15) is 41.6 Å². The van der Waals surface area contributed by atoms with E-state index in [0.717, 1.165) is 32.5 Å². The van der Waals surface area contributed by atoms with Gasteiger partial charge in [-0.2, -0.15) is 0 Å². The number of piperidine rings is 1. The zero-order valence-electron chi connectivity index (χ0n) is 19.7. The van der Waals surface area contributed by atoms with Crippen molar-refractivity contribution in [3.63, 3.8) is 0 Å². The van der Waals surface area contributed by atoms with Crippen molar-refractivity contribution in [3.8, 4) is 0 Å². The SMILES string of the molecule is Cc1cccc(CN2CCC(NC(=O)CCc3c(C)nc(N4CCOCC4)[nH]c3=O)CC2)c1. The van der Waals surface area contributed by atoms with Crippen molar-refractivity contribution in [2.24, 2.45) is 0 Å². The quantitative estimate of drug-likeness (QED) is 0.666. The van der Waals surface area contributed by atoms with Crippen LogP contribution in [0.5, 0.6) is 0 Å². The Labute approximate surface area is 195 Å². The van der Waals surface area contributed by atoms with Crippen LogP contribution in [0.25, 0.3) is 0 Å². The summed E-state index contributed by atoms with van der Waals surface area (Å²) in [4.78, 5) is 37.1. The predicted molar refractivity (Wildman–Crippen MR) is 129 cm³/mol. The first-order chi connectivity index (χ1) is 16.0. The van der Waals surface area contributed by atoms with Gasteiger partial charge in [0.1, 0.15) is 0 Å². The van der Waals surface area contributed by atoms with Crippen molar-refractivity contribution in [2.75, 3.05) is 44.3 Å². The number of anilines is 1. The molecule has 0 bridgehead atoms. The number of rotatable bonds is 7. The summed E-state index contributed by atoms with van der Waals surface area (Å²) < 4.78 is 5.36. The number of nitrogens with one attached hydrogen (secondary N) is 2. The second kappa shape index (κ2) is 10.9. The monoisotopic (exact) mass is 453 g/mol. The van der Waals surface area contributed by atoms with E-state index in [1.54, 1.807) is 0 Å². The van der Waals surface area contributed by atoms with Crippen LogP contribution in [0.15, 0.2) is 29.1 Å². The summed E-state index contributed by atoms with van der Waals surface area (Å²) in [5.74, 6) is 0.592. The summed E-state index contributed by atoms with van der Waals surface area (Å²) in [6.07, 6.45) is 2.60. The van der Waals surface area contributed by atoms with Crippen LogP contribution < -0.4 is 15.8 Å². The Kier molecular flexibility index (Phi) is 7.77. The largest absolute Gasteiger partial charge is 0.378 e. The van der Waals surface area contributed by atoms with Gasteiger partial charge in [0.05, 0.1) is 13.2 Å². The third kappa shape index (κ3) is 6.42. The molecule has 8 nitrogen and oxygen atoms in total. The highest BCUT2D eigenvalue weighted by Crippen LogP contribution is 2.16. The maximum atomic E-state index is 12.6. The highest BCUT2D eigenvalue weighted by molar-refractivity contribution is 5.76. The average Bonchev–Trinajstić information content (AvgIpc) is 2.80. The summed E-state index contributed by atoms with van der Waals surface area (Å²) in [5.41, 5.74) is 3.76. The molecule has 2 aliphatic rings. The number of morpholine rings is 1. The fourth-order valence-corrected chi connectivity index (χ4v) is 4.66. The normalized spacial score (nSPS) is 17.8. The minimum absolute atomic E-state index is 0.00295. The average molecular weight is 454 g/mol. The molecule has 2 aromatic rings. The van der Waals surface area contributed by atoms with E-state index < -0.39 is 0 Å². The molecule has 2 saturated heterocycles. The van der Waals surface area contributed by atoms with Gasteiger partial charge in [0.15, 0.2) is 0 Å². The molecule has 33 heavy (non-hydrogen) atoms. The van der Waals surface area contributed by atoms with E-state index in [1.807, 2.05) is 11.8 Å². The Morgan fingerprint density at radius 1 is 1.18 bits per heavy atom. The number of benzene rings is 1. The van der Waals surface area contributed by atoms with Crippen molar-refractivity contribution in [2.45, 2.75) is 52.1 Å². The molecule has 0 saturated carbocycles. The van der Waals surface area contributed by atoms with Gasteiger partial charge >= 0.3 is 0 Å². The Morgan fingerprint density at radius 3 is 2.64 bits per heavy atom. The number of aromatic nitrogens is 2. The first-order valence-corrected chi connectivity index (χ1v) is 12.0. The second-order valence-electron chi connectivity index (χ2n) is 9.16. The Morgan fingerprint density at radius 2 is 1.94 bits per heavy atom. The van der Waals surface area contributed by atoms with E-state index in [-0.39, 0.29) is 17.5 Å². The lowest BCUT2D eigenvalue weighted by molar-refractivity contribution is -0.122. The number of hydrogen-bond acceptors (Lipinski definition) is 6. The molecule has 0 radical (unpaired) electrons. The van der Waals surface area contributed by atoms with Gasteiger partial charge in [-0.05, 0) is 38.7 Å². The minimum Gasteiger partial charge on any atom is -0.378 e. The molecule has 2 aliphatic heterocycles. The summed E-state index contributed by atoms with van der Waals surface area (Å²) in [6, 6.07) is 8.84. The number of carbonyl (C=O) groups is 1. The van der Waals surface area contributed by atoms with E-state index in [2.05, 4.69) is 51.4 Å². The van der Waals surface area contributed by atoms with Gasteiger partial charge < -0.3 is 15.0 Å². The Balaban J connectivity index is 1.23. The lowest BCUT2D eigenvalue weighted by Gasteiger charge is -2.32. The van der Waals surface area contributed by atoms with Gasteiger partial charge in [0, 0.05) is 56.4 Å². The van der Waals surface area contributed by atoms with Crippen molar-refractivity contribution in [1.82, 2.24) is 20.2 Å². The van der Waals surface area contributed by atoms with Crippen molar-refractivity contribution in [1.29, 1.82) is 0 Å². The summed E-state index contributed by atoms with van der Waals surface area (Å²) in [7, 11) is 0. The van der Waals surface area contributed by atoms with Crippen LogP contribution in [0.3, 0.4) is 0 Å². The van der Waals surface area contributed by atoms with Gasteiger partial charge in [-0.1, -0.05) is 29.8 Å². The number of ether oxygens (including phenoxy) is 1. The van der Waals surface area contributed by atoms with Crippen LogP contribution in [-0.2, 0) is 22.5 Å². The van der Waals surface area contributed by atoms with Gasteiger partial charge in [0.25, 0.3) is 5.56 Å². The third-order valence-corrected chi connectivity index (χ3v) is 6.56. The number of H-pyrrole nitrogens is 1. The van der Waals surface area contributed by atoms with Gasteiger partial charge in [-0.15, -0.1) is 0 Å². The highest BCUT2D eigenvalue weighted by atomic mass is 16.5. The summed E-state index contributed by atoms with van der Waals surface area (Å²) in [5, 5.41) is 3.16. The molecular weight excluding hydrogens is 418 g/mol. The molecule has 4 rings (SSSR count).